The quantitative estimate of drug-likeness (QED) is 0.168. The van der Waals surface area contributed by atoms with Crippen LogP contribution in [0.2, 0.25) is 0 Å². The summed E-state index contributed by atoms with van der Waals surface area (Å²) in [4.78, 5) is 10.6. The smallest absolute Gasteiger partial charge is 0.161 e. The SMILES string of the molecule is CCCc1ccc2oc3c(-c4ccccc4-c4nc(-c5ccccc5)cc(-c5cccc(-n6c7ccccc7c7ccccc76)c5)n4)cccc3c2c1. The summed E-state index contributed by atoms with van der Waals surface area (Å²) in [5, 5.41) is 4.74. The molecule has 10 aromatic rings. The van der Waals surface area contributed by atoms with Crippen molar-refractivity contribution < 1.29 is 4.42 Å². The van der Waals surface area contributed by atoms with Gasteiger partial charge in [0.05, 0.1) is 22.4 Å². The Morgan fingerprint density at radius 3 is 1.89 bits per heavy atom. The molecule has 0 N–H and O–H groups in total. The standard InChI is InChI=1S/C49H35N3O/c1-2-14-32-27-28-47-42(29-32)40-24-13-23-39(48(40)53-47)36-19-6-7-22-41(36)49-50-43(33-15-4-3-5-16-33)31-44(51-49)34-17-12-18-35(30-34)52-45-25-10-8-20-37(45)38-21-9-11-26-46(38)52/h3-13,15-31H,2,14H2,1H3. The lowest BCUT2D eigenvalue weighted by atomic mass is 9.96. The Kier molecular flexibility index (Phi) is 7.47. The highest BCUT2D eigenvalue weighted by Gasteiger charge is 2.19. The molecule has 0 aliphatic heterocycles. The van der Waals surface area contributed by atoms with Crippen molar-refractivity contribution in [3.63, 3.8) is 0 Å². The van der Waals surface area contributed by atoms with Gasteiger partial charge in [-0.3, -0.25) is 0 Å². The lowest BCUT2D eigenvalue weighted by Crippen LogP contribution is -1.98. The van der Waals surface area contributed by atoms with E-state index in [0.717, 1.165) is 79.7 Å². The van der Waals surface area contributed by atoms with E-state index in [2.05, 4.69) is 175 Å². The minimum absolute atomic E-state index is 0.664. The van der Waals surface area contributed by atoms with Crippen molar-refractivity contribution in [2.75, 3.05) is 0 Å². The molecule has 0 spiro atoms. The first-order valence-electron chi connectivity index (χ1n) is 18.3. The zero-order valence-corrected chi connectivity index (χ0v) is 29.3. The van der Waals surface area contributed by atoms with Gasteiger partial charge in [-0.05, 0) is 60.0 Å². The summed E-state index contributed by atoms with van der Waals surface area (Å²) in [6.45, 7) is 2.22. The van der Waals surface area contributed by atoms with E-state index in [1.807, 2.05) is 6.07 Å². The van der Waals surface area contributed by atoms with Crippen LogP contribution in [-0.4, -0.2) is 14.5 Å². The Hall–Kier alpha value is -6.78. The zero-order valence-electron chi connectivity index (χ0n) is 29.3. The average molecular weight is 682 g/mol. The van der Waals surface area contributed by atoms with Crippen LogP contribution in [0.1, 0.15) is 18.9 Å². The van der Waals surface area contributed by atoms with Gasteiger partial charge >= 0.3 is 0 Å². The van der Waals surface area contributed by atoms with Gasteiger partial charge in [0.25, 0.3) is 0 Å². The van der Waals surface area contributed by atoms with Crippen molar-refractivity contribution in [2.24, 2.45) is 0 Å². The van der Waals surface area contributed by atoms with E-state index in [1.54, 1.807) is 0 Å². The van der Waals surface area contributed by atoms with Gasteiger partial charge < -0.3 is 8.98 Å². The molecule has 4 heteroatoms. The molecule has 0 fully saturated rings. The molecule has 252 valence electrons. The molecule has 10 rings (SSSR count). The Morgan fingerprint density at radius 1 is 0.491 bits per heavy atom. The second kappa shape index (κ2) is 12.8. The Bertz CT molecular complexity index is 2920. The van der Waals surface area contributed by atoms with E-state index in [-0.39, 0.29) is 0 Å². The minimum atomic E-state index is 0.664. The van der Waals surface area contributed by atoms with Gasteiger partial charge in [-0.15, -0.1) is 0 Å². The number of aromatic nitrogens is 3. The van der Waals surface area contributed by atoms with Gasteiger partial charge in [0.1, 0.15) is 11.2 Å². The molecule has 0 amide bonds. The van der Waals surface area contributed by atoms with Crippen molar-refractivity contribution in [3.8, 4) is 50.7 Å². The number of benzene rings is 7. The fraction of sp³-hybridized carbons (Fsp3) is 0.0612. The van der Waals surface area contributed by atoms with E-state index >= 15 is 0 Å². The number of fused-ring (bicyclic) bond motifs is 6. The third-order valence-corrected chi connectivity index (χ3v) is 10.3. The molecule has 4 nitrogen and oxygen atoms in total. The maximum absolute atomic E-state index is 6.61. The summed E-state index contributed by atoms with van der Waals surface area (Å²) in [5.41, 5.74) is 13.3. The lowest BCUT2D eigenvalue weighted by molar-refractivity contribution is 0.670. The molecule has 0 atom stereocenters. The van der Waals surface area contributed by atoms with E-state index in [4.69, 9.17) is 14.4 Å². The van der Waals surface area contributed by atoms with Crippen LogP contribution in [0.5, 0.6) is 0 Å². The summed E-state index contributed by atoms with van der Waals surface area (Å²) in [6.07, 6.45) is 2.15. The summed E-state index contributed by atoms with van der Waals surface area (Å²) < 4.78 is 8.96. The normalized spacial score (nSPS) is 11.6. The van der Waals surface area contributed by atoms with Gasteiger partial charge in [0.15, 0.2) is 5.82 Å². The third kappa shape index (κ3) is 5.30. The lowest BCUT2D eigenvalue weighted by Gasteiger charge is -2.14. The number of hydrogen-bond acceptors (Lipinski definition) is 3. The maximum atomic E-state index is 6.61. The average Bonchev–Trinajstić information content (AvgIpc) is 3.77. The number of furan rings is 1. The summed E-state index contributed by atoms with van der Waals surface area (Å²) in [5.74, 6) is 0.664. The molecule has 0 saturated carbocycles. The highest BCUT2D eigenvalue weighted by atomic mass is 16.3. The second-order valence-electron chi connectivity index (χ2n) is 13.7. The molecule has 0 radical (unpaired) electrons. The van der Waals surface area contributed by atoms with Crippen LogP contribution < -0.4 is 0 Å². The first-order valence-corrected chi connectivity index (χ1v) is 18.3. The van der Waals surface area contributed by atoms with Gasteiger partial charge in [0, 0.05) is 49.5 Å². The van der Waals surface area contributed by atoms with Gasteiger partial charge in [-0.2, -0.15) is 0 Å². The van der Waals surface area contributed by atoms with Crippen LogP contribution >= 0.6 is 0 Å². The molecular formula is C49H35N3O. The maximum Gasteiger partial charge on any atom is 0.161 e. The molecule has 0 bridgehead atoms. The largest absolute Gasteiger partial charge is 0.455 e. The van der Waals surface area contributed by atoms with E-state index in [0.29, 0.717) is 5.82 Å². The number of rotatable bonds is 7. The monoisotopic (exact) mass is 681 g/mol. The van der Waals surface area contributed by atoms with Crippen molar-refractivity contribution in [3.05, 3.63) is 175 Å². The summed E-state index contributed by atoms with van der Waals surface area (Å²) in [6, 6.07) is 59.9. The number of aryl methyl sites for hydroxylation is 1. The van der Waals surface area contributed by atoms with Crippen molar-refractivity contribution >= 4 is 43.7 Å². The molecule has 0 aliphatic carbocycles. The Labute approximate surface area is 307 Å². The van der Waals surface area contributed by atoms with Crippen molar-refractivity contribution in [1.29, 1.82) is 0 Å². The van der Waals surface area contributed by atoms with E-state index in [1.165, 1.54) is 27.4 Å². The number of para-hydroxylation sites is 3. The zero-order chi connectivity index (χ0) is 35.3. The number of hydrogen-bond donors (Lipinski definition) is 0. The molecule has 0 aliphatic rings. The summed E-state index contributed by atoms with van der Waals surface area (Å²) >= 11 is 0. The van der Waals surface area contributed by atoms with Crippen LogP contribution in [0.3, 0.4) is 0 Å². The highest BCUT2D eigenvalue weighted by molar-refractivity contribution is 6.11. The van der Waals surface area contributed by atoms with Gasteiger partial charge in [-0.1, -0.05) is 141 Å². The third-order valence-electron chi connectivity index (χ3n) is 10.3. The molecule has 3 heterocycles. The first-order chi connectivity index (χ1) is 26.2. The fourth-order valence-corrected chi connectivity index (χ4v) is 7.89. The molecular weight excluding hydrogens is 647 g/mol. The molecule has 3 aromatic heterocycles. The van der Waals surface area contributed by atoms with Crippen LogP contribution in [-0.2, 0) is 6.42 Å². The van der Waals surface area contributed by atoms with Gasteiger partial charge in [-0.25, -0.2) is 9.97 Å². The minimum Gasteiger partial charge on any atom is -0.455 e. The molecule has 0 saturated heterocycles. The van der Waals surface area contributed by atoms with Crippen LogP contribution in [0.4, 0.5) is 0 Å². The van der Waals surface area contributed by atoms with Crippen LogP contribution in [0, 0.1) is 0 Å². The van der Waals surface area contributed by atoms with E-state index < -0.39 is 0 Å². The summed E-state index contributed by atoms with van der Waals surface area (Å²) in [7, 11) is 0. The molecule has 0 unspecified atom stereocenters. The van der Waals surface area contributed by atoms with Crippen molar-refractivity contribution in [1.82, 2.24) is 14.5 Å². The van der Waals surface area contributed by atoms with Gasteiger partial charge in [0.2, 0.25) is 0 Å². The second-order valence-corrected chi connectivity index (χ2v) is 13.7. The van der Waals surface area contributed by atoms with Crippen LogP contribution in [0.25, 0.3) is 94.5 Å². The highest BCUT2D eigenvalue weighted by Crippen LogP contribution is 2.41. The Morgan fingerprint density at radius 2 is 1.11 bits per heavy atom. The first kappa shape index (κ1) is 31.0. The Balaban J connectivity index is 1.16. The van der Waals surface area contributed by atoms with Crippen LogP contribution in [0.15, 0.2) is 174 Å². The predicted molar refractivity (Wildman–Crippen MR) is 219 cm³/mol. The number of nitrogens with zero attached hydrogens (tertiary/aromatic N) is 3. The molecule has 53 heavy (non-hydrogen) atoms. The topological polar surface area (TPSA) is 43.9 Å². The predicted octanol–water partition coefficient (Wildman–Crippen LogP) is 13.1. The van der Waals surface area contributed by atoms with E-state index in [9.17, 15) is 0 Å². The fourth-order valence-electron chi connectivity index (χ4n) is 7.89. The van der Waals surface area contributed by atoms with Crippen molar-refractivity contribution in [2.45, 2.75) is 19.8 Å². The molecule has 7 aromatic carbocycles.